The Morgan fingerprint density at radius 2 is 2.27 bits per heavy atom. The SMILES string of the molecule is COC(=O)CCC/C=C/CC1C(O)COC1/C=C/C(COc1cccc(Cl)c1)OP. The van der Waals surface area contributed by atoms with Gasteiger partial charge >= 0.3 is 5.97 Å². The largest absolute Gasteiger partial charge is 0.490 e. The van der Waals surface area contributed by atoms with E-state index in [1.165, 1.54) is 7.11 Å². The van der Waals surface area contributed by atoms with Gasteiger partial charge in [0.25, 0.3) is 0 Å². The van der Waals surface area contributed by atoms with E-state index in [4.69, 9.17) is 25.6 Å². The van der Waals surface area contributed by atoms with Gasteiger partial charge in [0.15, 0.2) is 0 Å². The number of hydrogen-bond acceptors (Lipinski definition) is 6. The van der Waals surface area contributed by atoms with Crippen molar-refractivity contribution in [2.24, 2.45) is 5.92 Å². The minimum atomic E-state index is -0.516. The van der Waals surface area contributed by atoms with Crippen LogP contribution >= 0.6 is 21.1 Å². The highest BCUT2D eigenvalue weighted by atomic mass is 35.5. The molecule has 1 N–H and O–H groups in total. The van der Waals surface area contributed by atoms with Gasteiger partial charge in [-0.05, 0) is 37.5 Å². The zero-order chi connectivity index (χ0) is 21.8. The van der Waals surface area contributed by atoms with Crippen molar-refractivity contribution in [1.82, 2.24) is 0 Å². The number of rotatable bonds is 12. The first-order valence-electron chi connectivity index (χ1n) is 9.97. The second kappa shape index (κ2) is 13.8. The van der Waals surface area contributed by atoms with Crippen LogP contribution in [0, 0.1) is 5.92 Å². The van der Waals surface area contributed by atoms with Gasteiger partial charge in [-0.25, -0.2) is 0 Å². The molecule has 5 unspecified atom stereocenters. The van der Waals surface area contributed by atoms with Gasteiger partial charge in [0.05, 0.1) is 25.9 Å². The zero-order valence-corrected chi connectivity index (χ0v) is 19.0. The zero-order valence-electron chi connectivity index (χ0n) is 17.1. The van der Waals surface area contributed by atoms with Crippen LogP contribution in [0.25, 0.3) is 0 Å². The lowest BCUT2D eigenvalue weighted by atomic mass is 9.94. The van der Waals surface area contributed by atoms with Crippen LogP contribution in [0.5, 0.6) is 5.75 Å². The van der Waals surface area contributed by atoms with Gasteiger partial charge in [-0.2, -0.15) is 0 Å². The molecule has 1 aromatic rings. The predicted octanol–water partition coefficient (Wildman–Crippen LogP) is 4.12. The summed E-state index contributed by atoms with van der Waals surface area (Å²) in [6.07, 6.45) is 9.51. The summed E-state index contributed by atoms with van der Waals surface area (Å²) < 4.78 is 21.4. The number of allylic oxidation sites excluding steroid dienone is 2. The molecular weight excluding hydrogens is 427 g/mol. The molecule has 166 valence electrons. The van der Waals surface area contributed by atoms with Crippen molar-refractivity contribution < 1.29 is 28.6 Å². The number of esters is 1. The first-order valence-corrected chi connectivity index (χ1v) is 10.8. The van der Waals surface area contributed by atoms with Gasteiger partial charge in [0.2, 0.25) is 0 Å². The monoisotopic (exact) mass is 456 g/mol. The number of ether oxygens (including phenoxy) is 3. The third-order valence-corrected chi connectivity index (χ3v) is 5.42. The van der Waals surface area contributed by atoms with E-state index in [0.29, 0.717) is 36.8 Å². The van der Waals surface area contributed by atoms with Crippen molar-refractivity contribution in [3.8, 4) is 5.75 Å². The van der Waals surface area contributed by atoms with Crippen LogP contribution in [0.3, 0.4) is 0 Å². The highest BCUT2D eigenvalue weighted by Crippen LogP contribution is 2.27. The van der Waals surface area contributed by atoms with E-state index in [0.717, 1.165) is 12.8 Å². The summed E-state index contributed by atoms with van der Waals surface area (Å²) in [4.78, 5) is 11.1. The van der Waals surface area contributed by atoms with Crippen LogP contribution < -0.4 is 4.74 Å². The lowest BCUT2D eigenvalue weighted by Gasteiger charge is -2.17. The summed E-state index contributed by atoms with van der Waals surface area (Å²) in [6, 6.07) is 7.19. The highest BCUT2D eigenvalue weighted by Gasteiger charge is 2.33. The van der Waals surface area contributed by atoms with E-state index in [-0.39, 0.29) is 24.1 Å². The van der Waals surface area contributed by atoms with Gasteiger partial charge in [-0.1, -0.05) is 42.0 Å². The van der Waals surface area contributed by atoms with Crippen molar-refractivity contribution >= 4 is 27.0 Å². The van der Waals surface area contributed by atoms with Gasteiger partial charge in [-0.15, -0.1) is 0 Å². The average Bonchev–Trinajstić information content (AvgIpc) is 3.10. The van der Waals surface area contributed by atoms with Crippen LogP contribution in [0.15, 0.2) is 48.6 Å². The fraction of sp³-hybridized carbons (Fsp3) is 0.500. The van der Waals surface area contributed by atoms with E-state index in [1.54, 1.807) is 12.1 Å². The van der Waals surface area contributed by atoms with Crippen LogP contribution in [0.4, 0.5) is 0 Å². The molecule has 0 amide bonds. The van der Waals surface area contributed by atoms with Gasteiger partial charge in [-0.3, -0.25) is 4.79 Å². The molecule has 1 aromatic carbocycles. The Labute approximate surface area is 185 Å². The summed E-state index contributed by atoms with van der Waals surface area (Å²) in [5.41, 5.74) is 0. The number of carbonyl (C=O) groups excluding carboxylic acids is 1. The number of halogens is 1. The predicted molar refractivity (Wildman–Crippen MR) is 120 cm³/mol. The lowest BCUT2D eigenvalue weighted by Crippen LogP contribution is -2.23. The molecule has 0 spiro atoms. The van der Waals surface area contributed by atoms with Crippen molar-refractivity contribution in [3.63, 3.8) is 0 Å². The van der Waals surface area contributed by atoms with Crippen LogP contribution in [-0.4, -0.2) is 49.7 Å². The molecule has 8 heteroatoms. The lowest BCUT2D eigenvalue weighted by molar-refractivity contribution is -0.140. The van der Waals surface area contributed by atoms with E-state index in [9.17, 15) is 9.90 Å². The summed E-state index contributed by atoms with van der Waals surface area (Å²) >= 11 is 5.97. The summed E-state index contributed by atoms with van der Waals surface area (Å²) in [5.74, 6) is 0.446. The number of aliphatic hydroxyl groups excluding tert-OH is 1. The molecular formula is C22H30ClO6P. The van der Waals surface area contributed by atoms with E-state index in [2.05, 4.69) is 14.2 Å². The minimum absolute atomic E-state index is 0.0304. The first-order chi connectivity index (χ1) is 14.5. The van der Waals surface area contributed by atoms with Crippen molar-refractivity contribution in [2.45, 2.75) is 44.0 Å². The fourth-order valence-electron chi connectivity index (χ4n) is 3.11. The number of unbranched alkanes of at least 4 members (excludes halogenated alkanes) is 1. The molecule has 6 nitrogen and oxygen atoms in total. The Hall–Kier alpha value is -1.43. The standard InChI is InChI=1S/C22H30ClO6P/c1-26-22(25)10-5-3-2-4-9-19-20(24)15-28-21(19)12-11-18(29-30)14-27-17-8-6-7-16(23)13-17/h2,4,6-8,11-13,18-21,24H,3,5,9-10,14-15,30H2,1H3/b4-2+,12-11+. The minimum Gasteiger partial charge on any atom is -0.490 e. The smallest absolute Gasteiger partial charge is 0.305 e. The molecule has 0 saturated carbocycles. The molecule has 0 aromatic heterocycles. The van der Waals surface area contributed by atoms with E-state index in [1.807, 2.05) is 36.4 Å². The molecule has 0 radical (unpaired) electrons. The number of hydrogen-bond donors (Lipinski definition) is 1. The Kier molecular flexibility index (Phi) is 11.4. The molecule has 2 rings (SSSR count). The average molecular weight is 457 g/mol. The number of benzene rings is 1. The maximum atomic E-state index is 11.1. The Morgan fingerprint density at radius 1 is 1.43 bits per heavy atom. The maximum Gasteiger partial charge on any atom is 0.305 e. The Morgan fingerprint density at radius 3 is 3.00 bits per heavy atom. The number of aliphatic hydroxyl groups is 1. The molecule has 5 atom stereocenters. The summed E-state index contributed by atoms with van der Waals surface area (Å²) in [6.45, 7) is 0.627. The van der Waals surface area contributed by atoms with Gasteiger partial charge in [0.1, 0.15) is 18.5 Å². The number of methoxy groups -OCH3 is 1. The van der Waals surface area contributed by atoms with Crippen LogP contribution in [0.2, 0.25) is 5.02 Å². The molecule has 1 saturated heterocycles. The highest BCUT2D eigenvalue weighted by molar-refractivity contribution is 7.09. The topological polar surface area (TPSA) is 74.2 Å². The van der Waals surface area contributed by atoms with Crippen LogP contribution in [0.1, 0.15) is 25.7 Å². The third kappa shape index (κ3) is 8.75. The first kappa shape index (κ1) is 24.8. The van der Waals surface area contributed by atoms with Crippen LogP contribution in [-0.2, 0) is 18.8 Å². The molecule has 30 heavy (non-hydrogen) atoms. The molecule has 1 aliphatic heterocycles. The molecule has 0 bridgehead atoms. The molecule has 1 heterocycles. The summed E-state index contributed by atoms with van der Waals surface area (Å²) in [7, 11) is 3.64. The third-order valence-electron chi connectivity index (χ3n) is 4.83. The van der Waals surface area contributed by atoms with Crippen molar-refractivity contribution in [3.05, 3.63) is 53.6 Å². The van der Waals surface area contributed by atoms with E-state index < -0.39 is 6.10 Å². The molecule has 0 aliphatic carbocycles. The molecule has 1 aliphatic rings. The molecule has 1 fully saturated rings. The van der Waals surface area contributed by atoms with Gasteiger partial charge < -0.3 is 23.8 Å². The fourth-order valence-corrected chi connectivity index (χ4v) is 3.46. The Balaban J connectivity index is 1.80. The Bertz CT molecular complexity index is 711. The maximum absolute atomic E-state index is 11.1. The quantitative estimate of drug-likeness (QED) is 0.221. The van der Waals surface area contributed by atoms with Gasteiger partial charge in [0, 0.05) is 26.8 Å². The second-order valence-corrected chi connectivity index (χ2v) is 7.74. The van der Waals surface area contributed by atoms with E-state index >= 15 is 0 Å². The number of carbonyl (C=O) groups is 1. The second-order valence-electron chi connectivity index (χ2n) is 7.03. The summed E-state index contributed by atoms with van der Waals surface area (Å²) in [5, 5.41) is 10.9. The van der Waals surface area contributed by atoms with Crippen molar-refractivity contribution in [2.75, 3.05) is 20.3 Å². The van der Waals surface area contributed by atoms with Crippen molar-refractivity contribution in [1.29, 1.82) is 0 Å². The normalized spacial score (nSPS) is 22.6.